The largest absolute Gasteiger partial charge is 0.383 e. The second-order valence-electron chi connectivity index (χ2n) is 5.58. The Bertz CT molecular complexity index is 675. The third-order valence-corrected chi connectivity index (χ3v) is 3.53. The minimum absolute atomic E-state index is 0.206. The van der Waals surface area contributed by atoms with Crippen LogP contribution < -0.4 is 10.6 Å². The fraction of sp³-hybridized carbons (Fsp3) is 0.333. The van der Waals surface area contributed by atoms with Crippen molar-refractivity contribution in [1.82, 2.24) is 10.3 Å². The first-order valence-electron chi connectivity index (χ1n) is 7.59. The highest BCUT2D eigenvalue weighted by molar-refractivity contribution is 5.93. The van der Waals surface area contributed by atoms with Crippen LogP contribution in [0.15, 0.2) is 30.5 Å². The number of nitrogens with zero attached hydrogens (tertiary/aromatic N) is 1. The maximum absolute atomic E-state index is 12.0. The number of anilines is 2. The van der Waals surface area contributed by atoms with Crippen LogP contribution in [0.5, 0.6) is 0 Å². The molecular weight excluding hydrogens is 290 g/mol. The van der Waals surface area contributed by atoms with Crippen LogP contribution in [-0.4, -0.2) is 31.2 Å². The summed E-state index contributed by atoms with van der Waals surface area (Å²) in [6, 6.07) is 7.87. The minimum atomic E-state index is -0.206. The Morgan fingerprint density at radius 1 is 1.17 bits per heavy atom. The first-order valence-corrected chi connectivity index (χ1v) is 7.59. The van der Waals surface area contributed by atoms with Gasteiger partial charge in [0.1, 0.15) is 5.69 Å². The van der Waals surface area contributed by atoms with E-state index in [1.54, 1.807) is 19.4 Å². The topological polar surface area (TPSA) is 63.2 Å². The van der Waals surface area contributed by atoms with Gasteiger partial charge in [-0.05, 0) is 44.0 Å². The van der Waals surface area contributed by atoms with Gasteiger partial charge >= 0.3 is 0 Å². The Hall–Kier alpha value is -2.40. The highest BCUT2D eigenvalue weighted by Gasteiger charge is 2.09. The molecule has 122 valence electrons. The van der Waals surface area contributed by atoms with Gasteiger partial charge in [0.15, 0.2) is 0 Å². The SMILES string of the molecule is COCCNC(=O)c1cc(Nc2c(C)cc(C)cc2C)ccn1. The maximum Gasteiger partial charge on any atom is 0.270 e. The standard InChI is InChI=1S/C18H23N3O2/c1-12-9-13(2)17(14(3)10-12)21-15-5-6-19-16(11-15)18(22)20-7-8-23-4/h5-6,9-11H,7-8H2,1-4H3,(H,19,21)(H,20,22). The number of hydrogen-bond acceptors (Lipinski definition) is 4. The summed E-state index contributed by atoms with van der Waals surface area (Å²) in [7, 11) is 1.60. The highest BCUT2D eigenvalue weighted by atomic mass is 16.5. The molecule has 0 radical (unpaired) electrons. The zero-order chi connectivity index (χ0) is 16.8. The molecule has 2 N–H and O–H groups in total. The van der Waals surface area contributed by atoms with E-state index in [4.69, 9.17) is 4.74 Å². The average molecular weight is 313 g/mol. The van der Waals surface area contributed by atoms with E-state index in [9.17, 15) is 4.79 Å². The molecule has 1 aromatic heterocycles. The summed E-state index contributed by atoms with van der Waals surface area (Å²) in [4.78, 5) is 16.2. The molecule has 23 heavy (non-hydrogen) atoms. The van der Waals surface area contributed by atoms with Gasteiger partial charge in [0.25, 0.3) is 5.91 Å². The molecule has 0 unspecified atom stereocenters. The van der Waals surface area contributed by atoms with Crippen LogP contribution in [-0.2, 0) is 4.74 Å². The number of nitrogens with one attached hydrogen (secondary N) is 2. The molecule has 0 fully saturated rings. The maximum atomic E-state index is 12.0. The fourth-order valence-corrected chi connectivity index (χ4v) is 2.51. The van der Waals surface area contributed by atoms with Gasteiger partial charge < -0.3 is 15.4 Å². The van der Waals surface area contributed by atoms with Crippen molar-refractivity contribution in [2.45, 2.75) is 20.8 Å². The predicted octanol–water partition coefficient (Wildman–Crippen LogP) is 3.13. The number of rotatable bonds is 6. The first kappa shape index (κ1) is 17.0. The third-order valence-electron chi connectivity index (χ3n) is 3.53. The van der Waals surface area contributed by atoms with E-state index in [0.717, 1.165) is 11.4 Å². The van der Waals surface area contributed by atoms with Crippen molar-refractivity contribution in [1.29, 1.82) is 0 Å². The number of hydrogen-bond donors (Lipinski definition) is 2. The van der Waals surface area contributed by atoms with Crippen LogP contribution in [0.25, 0.3) is 0 Å². The molecule has 2 rings (SSSR count). The number of aromatic nitrogens is 1. The number of methoxy groups -OCH3 is 1. The molecule has 1 aromatic carbocycles. The normalized spacial score (nSPS) is 10.4. The van der Waals surface area contributed by atoms with Crippen molar-refractivity contribution in [3.8, 4) is 0 Å². The number of carbonyl (C=O) groups excluding carboxylic acids is 1. The lowest BCUT2D eigenvalue weighted by molar-refractivity contribution is 0.0932. The summed E-state index contributed by atoms with van der Waals surface area (Å²) in [5.74, 6) is -0.206. The lowest BCUT2D eigenvalue weighted by atomic mass is 10.0. The van der Waals surface area contributed by atoms with Crippen LogP contribution >= 0.6 is 0 Å². The van der Waals surface area contributed by atoms with Gasteiger partial charge in [-0.3, -0.25) is 9.78 Å². The molecular formula is C18H23N3O2. The summed E-state index contributed by atoms with van der Waals surface area (Å²) in [5.41, 5.74) is 5.86. The Labute approximate surface area is 137 Å². The third kappa shape index (κ3) is 4.53. The van der Waals surface area contributed by atoms with Crippen LogP contribution in [0.3, 0.4) is 0 Å². The summed E-state index contributed by atoms with van der Waals surface area (Å²) in [5, 5.41) is 6.15. The molecule has 5 heteroatoms. The summed E-state index contributed by atoms with van der Waals surface area (Å²) in [6.45, 7) is 7.17. The van der Waals surface area contributed by atoms with Crippen molar-refractivity contribution in [2.24, 2.45) is 0 Å². The Morgan fingerprint density at radius 3 is 2.52 bits per heavy atom. The Morgan fingerprint density at radius 2 is 1.87 bits per heavy atom. The molecule has 0 spiro atoms. The molecule has 2 aromatic rings. The Balaban J connectivity index is 2.16. The van der Waals surface area contributed by atoms with E-state index in [2.05, 4.69) is 48.5 Å². The van der Waals surface area contributed by atoms with Crippen LogP contribution in [0.4, 0.5) is 11.4 Å². The van der Waals surface area contributed by atoms with Gasteiger partial charge in [0.2, 0.25) is 0 Å². The summed E-state index contributed by atoms with van der Waals surface area (Å²) < 4.78 is 4.92. The average Bonchev–Trinajstić information content (AvgIpc) is 2.51. The van der Waals surface area contributed by atoms with Gasteiger partial charge in [-0.2, -0.15) is 0 Å². The quantitative estimate of drug-likeness (QED) is 0.804. The van der Waals surface area contributed by atoms with Gasteiger partial charge in [0.05, 0.1) is 6.61 Å². The van der Waals surface area contributed by atoms with Crippen LogP contribution in [0.2, 0.25) is 0 Å². The van der Waals surface area contributed by atoms with Crippen molar-refractivity contribution in [3.63, 3.8) is 0 Å². The van der Waals surface area contributed by atoms with E-state index in [1.165, 1.54) is 16.7 Å². The molecule has 1 amide bonds. The summed E-state index contributed by atoms with van der Waals surface area (Å²) >= 11 is 0. The highest BCUT2D eigenvalue weighted by Crippen LogP contribution is 2.25. The van der Waals surface area contributed by atoms with E-state index in [-0.39, 0.29) is 5.91 Å². The number of carbonyl (C=O) groups is 1. The van der Waals surface area contributed by atoms with E-state index < -0.39 is 0 Å². The molecule has 0 aliphatic rings. The van der Waals surface area contributed by atoms with Crippen molar-refractivity contribution < 1.29 is 9.53 Å². The smallest absolute Gasteiger partial charge is 0.270 e. The molecule has 0 saturated heterocycles. The first-order chi connectivity index (χ1) is 11.0. The minimum Gasteiger partial charge on any atom is -0.383 e. The van der Waals surface area contributed by atoms with Crippen molar-refractivity contribution in [2.75, 3.05) is 25.6 Å². The second-order valence-corrected chi connectivity index (χ2v) is 5.58. The molecule has 1 heterocycles. The number of ether oxygens (including phenoxy) is 1. The molecule has 0 bridgehead atoms. The van der Waals surface area contributed by atoms with Crippen LogP contribution in [0, 0.1) is 20.8 Å². The van der Waals surface area contributed by atoms with Crippen LogP contribution in [0.1, 0.15) is 27.2 Å². The predicted molar refractivity (Wildman–Crippen MR) is 92.4 cm³/mol. The van der Waals surface area contributed by atoms with E-state index in [1.807, 2.05) is 6.07 Å². The lowest BCUT2D eigenvalue weighted by Crippen LogP contribution is -2.27. The molecule has 5 nitrogen and oxygen atoms in total. The molecule has 0 aliphatic heterocycles. The molecule has 0 aliphatic carbocycles. The van der Waals surface area contributed by atoms with E-state index >= 15 is 0 Å². The van der Waals surface area contributed by atoms with Gasteiger partial charge in [-0.1, -0.05) is 17.7 Å². The fourth-order valence-electron chi connectivity index (χ4n) is 2.51. The monoisotopic (exact) mass is 313 g/mol. The second kappa shape index (κ2) is 7.74. The van der Waals surface area contributed by atoms with Crippen molar-refractivity contribution in [3.05, 3.63) is 52.8 Å². The zero-order valence-corrected chi connectivity index (χ0v) is 14.1. The number of pyridine rings is 1. The van der Waals surface area contributed by atoms with Gasteiger partial charge in [0, 0.05) is 31.2 Å². The number of amides is 1. The van der Waals surface area contributed by atoms with Gasteiger partial charge in [-0.25, -0.2) is 0 Å². The summed E-state index contributed by atoms with van der Waals surface area (Å²) in [6.07, 6.45) is 1.63. The lowest BCUT2D eigenvalue weighted by Gasteiger charge is -2.14. The zero-order valence-electron chi connectivity index (χ0n) is 14.1. The Kier molecular flexibility index (Phi) is 5.71. The van der Waals surface area contributed by atoms with E-state index in [0.29, 0.717) is 18.8 Å². The molecule has 0 saturated carbocycles. The molecule has 0 atom stereocenters. The number of aryl methyl sites for hydroxylation is 3. The van der Waals surface area contributed by atoms with Crippen molar-refractivity contribution >= 4 is 17.3 Å². The van der Waals surface area contributed by atoms with Gasteiger partial charge in [-0.15, -0.1) is 0 Å². The number of benzene rings is 1.